The lowest BCUT2D eigenvalue weighted by atomic mass is 10.1. The first kappa shape index (κ1) is 13.6. The number of nitrogens with zero attached hydrogens (tertiary/aromatic N) is 2. The molecule has 0 radical (unpaired) electrons. The van der Waals surface area contributed by atoms with Gasteiger partial charge >= 0.3 is 0 Å². The van der Waals surface area contributed by atoms with Crippen molar-refractivity contribution in [3.8, 4) is 0 Å². The van der Waals surface area contributed by atoms with Gasteiger partial charge in [-0.15, -0.1) is 0 Å². The zero-order chi connectivity index (χ0) is 14.7. The van der Waals surface area contributed by atoms with E-state index in [0.29, 0.717) is 0 Å². The zero-order valence-electron chi connectivity index (χ0n) is 12.2. The summed E-state index contributed by atoms with van der Waals surface area (Å²) in [5.74, 6) is 0.810. The van der Waals surface area contributed by atoms with Crippen molar-refractivity contribution in [2.75, 3.05) is 13.1 Å². The van der Waals surface area contributed by atoms with Gasteiger partial charge in [-0.25, -0.2) is 0 Å². The van der Waals surface area contributed by atoms with Crippen molar-refractivity contribution in [3.05, 3.63) is 48.0 Å². The Morgan fingerprint density at radius 3 is 2.81 bits per heavy atom. The third-order valence-corrected chi connectivity index (χ3v) is 3.67. The van der Waals surface area contributed by atoms with Gasteiger partial charge in [-0.1, -0.05) is 49.7 Å². The van der Waals surface area contributed by atoms with Crippen molar-refractivity contribution in [1.82, 2.24) is 10.4 Å². The third-order valence-electron chi connectivity index (χ3n) is 3.67. The second kappa shape index (κ2) is 5.95. The van der Waals surface area contributed by atoms with Gasteiger partial charge in [-0.2, -0.15) is 0 Å². The van der Waals surface area contributed by atoms with Gasteiger partial charge in [0.25, 0.3) is 5.91 Å². The van der Waals surface area contributed by atoms with Crippen LogP contribution in [0.4, 0.5) is 0 Å². The number of amides is 1. The molecule has 21 heavy (non-hydrogen) atoms. The summed E-state index contributed by atoms with van der Waals surface area (Å²) in [6.07, 6.45) is 2.05. The van der Waals surface area contributed by atoms with E-state index in [4.69, 9.17) is 0 Å². The first-order valence-electron chi connectivity index (χ1n) is 7.38. The lowest BCUT2D eigenvalue weighted by Crippen LogP contribution is -2.51. The topological polar surface area (TPSA) is 44.7 Å². The summed E-state index contributed by atoms with van der Waals surface area (Å²) in [5.41, 5.74) is 4.17. The Morgan fingerprint density at radius 1 is 1.19 bits per heavy atom. The molecule has 0 bridgehead atoms. The molecule has 0 saturated heterocycles. The fourth-order valence-electron chi connectivity index (χ4n) is 2.45. The van der Waals surface area contributed by atoms with Crippen LogP contribution in [0.15, 0.2) is 47.5 Å². The molecule has 1 amide bonds. The van der Waals surface area contributed by atoms with Crippen LogP contribution in [0, 0.1) is 0 Å². The monoisotopic (exact) mass is 281 g/mol. The molecule has 0 unspecified atom stereocenters. The van der Waals surface area contributed by atoms with Gasteiger partial charge in [-0.05, 0) is 23.3 Å². The zero-order valence-corrected chi connectivity index (χ0v) is 12.2. The minimum atomic E-state index is 0.0352. The van der Waals surface area contributed by atoms with Crippen molar-refractivity contribution in [2.24, 2.45) is 4.99 Å². The molecule has 0 fully saturated rings. The molecule has 1 heterocycles. The van der Waals surface area contributed by atoms with E-state index in [-0.39, 0.29) is 12.5 Å². The van der Waals surface area contributed by atoms with Gasteiger partial charge in [0.2, 0.25) is 0 Å². The Balaban J connectivity index is 1.86. The summed E-state index contributed by atoms with van der Waals surface area (Å²) < 4.78 is 0. The van der Waals surface area contributed by atoms with Crippen molar-refractivity contribution in [3.63, 3.8) is 0 Å². The van der Waals surface area contributed by atoms with E-state index in [2.05, 4.69) is 41.6 Å². The molecule has 4 heteroatoms. The molecular formula is C17H19N3O. The molecule has 1 N–H and O–H groups in total. The van der Waals surface area contributed by atoms with Crippen LogP contribution >= 0.6 is 0 Å². The van der Waals surface area contributed by atoms with E-state index in [9.17, 15) is 4.79 Å². The Morgan fingerprint density at radius 2 is 2.00 bits per heavy atom. The maximum atomic E-state index is 11.8. The largest absolute Gasteiger partial charge is 0.279 e. The fraction of sp³-hybridized carbons (Fsp3) is 0.294. The predicted molar refractivity (Wildman–Crippen MR) is 85.1 cm³/mol. The molecule has 0 aliphatic carbocycles. The van der Waals surface area contributed by atoms with E-state index in [1.165, 1.54) is 10.8 Å². The minimum absolute atomic E-state index is 0.0352. The number of hydrogen-bond acceptors (Lipinski definition) is 3. The number of fused-ring (bicyclic) bond motifs is 1. The summed E-state index contributed by atoms with van der Waals surface area (Å²) in [7, 11) is 0. The molecule has 1 aliphatic rings. The molecule has 2 aromatic carbocycles. The number of aliphatic imine (C=N–C) groups is 1. The van der Waals surface area contributed by atoms with Gasteiger partial charge in [0, 0.05) is 12.1 Å². The van der Waals surface area contributed by atoms with Gasteiger partial charge < -0.3 is 0 Å². The maximum absolute atomic E-state index is 11.8. The number of carbonyl (C=O) groups excluding carboxylic acids is 1. The first-order chi connectivity index (χ1) is 10.3. The summed E-state index contributed by atoms with van der Waals surface area (Å²) in [4.78, 5) is 16.2. The van der Waals surface area contributed by atoms with Gasteiger partial charge in [-0.3, -0.25) is 20.2 Å². The van der Waals surface area contributed by atoms with Crippen LogP contribution in [0.1, 0.15) is 25.3 Å². The Kier molecular flexibility index (Phi) is 3.86. The quantitative estimate of drug-likeness (QED) is 0.936. The molecule has 0 atom stereocenters. The van der Waals surface area contributed by atoms with E-state index in [1.54, 1.807) is 5.01 Å². The van der Waals surface area contributed by atoms with Crippen molar-refractivity contribution in [1.29, 1.82) is 0 Å². The summed E-state index contributed by atoms with van der Waals surface area (Å²) in [6, 6.07) is 14.5. The van der Waals surface area contributed by atoms with Crippen LogP contribution in [0.25, 0.3) is 10.8 Å². The predicted octanol–water partition coefficient (Wildman–Crippen LogP) is 2.73. The van der Waals surface area contributed by atoms with Crippen LogP contribution < -0.4 is 5.43 Å². The summed E-state index contributed by atoms with van der Waals surface area (Å²) in [6.45, 7) is 3.06. The number of hydrazine groups is 1. The van der Waals surface area contributed by atoms with E-state index in [1.807, 2.05) is 18.2 Å². The average Bonchev–Trinajstić information content (AvgIpc) is 2.53. The standard InChI is InChI=1S/C17H19N3O/c1-2-3-10-20-16(21)12-18-17(19-20)15-9-8-13-6-4-5-7-14(13)11-15/h4-9,11H,2-3,10,12H2,1H3,(H,18,19). The number of rotatable bonds is 4. The first-order valence-corrected chi connectivity index (χ1v) is 7.38. The Labute approximate surface area is 124 Å². The summed E-state index contributed by atoms with van der Waals surface area (Å²) in [5, 5.41) is 4.06. The molecule has 3 rings (SSSR count). The number of nitrogens with one attached hydrogen (secondary N) is 1. The molecule has 0 aromatic heterocycles. The van der Waals surface area contributed by atoms with Crippen LogP contribution in [0.3, 0.4) is 0 Å². The van der Waals surface area contributed by atoms with Crippen LogP contribution in [-0.4, -0.2) is 29.8 Å². The number of benzene rings is 2. The molecule has 4 nitrogen and oxygen atoms in total. The Bertz CT molecular complexity index is 693. The average molecular weight is 281 g/mol. The van der Waals surface area contributed by atoms with E-state index < -0.39 is 0 Å². The van der Waals surface area contributed by atoms with Crippen LogP contribution in [-0.2, 0) is 4.79 Å². The molecule has 0 saturated carbocycles. The lowest BCUT2D eigenvalue weighted by Gasteiger charge is -2.28. The van der Waals surface area contributed by atoms with Gasteiger partial charge in [0.1, 0.15) is 12.4 Å². The molecule has 0 spiro atoms. The highest BCUT2D eigenvalue weighted by Gasteiger charge is 2.20. The lowest BCUT2D eigenvalue weighted by molar-refractivity contribution is -0.132. The number of unbranched alkanes of at least 4 members (excludes halogenated alkanes) is 1. The second-order valence-electron chi connectivity index (χ2n) is 5.24. The molecule has 108 valence electrons. The van der Waals surface area contributed by atoms with Crippen molar-refractivity contribution >= 4 is 22.5 Å². The highest BCUT2D eigenvalue weighted by atomic mass is 16.2. The van der Waals surface area contributed by atoms with Crippen molar-refractivity contribution in [2.45, 2.75) is 19.8 Å². The second-order valence-corrected chi connectivity index (χ2v) is 5.24. The molecule has 1 aliphatic heterocycles. The van der Waals surface area contributed by atoms with E-state index in [0.717, 1.165) is 30.8 Å². The van der Waals surface area contributed by atoms with Gasteiger partial charge in [0.15, 0.2) is 0 Å². The fourth-order valence-corrected chi connectivity index (χ4v) is 2.45. The highest BCUT2D eigenvalue weighted by Crippen LogP contribution is 2.16. The van der Waals surface area contributed by atoms with Crippen LogP contribution in [0.5, 0.6) is 0 Å². The normalized spacial score (nSPS) is 15.0. The highest BCUT2D eigenvalue weighted by molar-refractivity contribution is 6.04. The number of carbonyl (C=O) groups is 1. The third kappa shape index (κ3) is 2.89. The van der Waals surface area contributed by atoms with Crippen LogP contribution in [0.2, 0.25) is 0 Å². The Hall–Kier alpha value is -2.36. The maximum Gasteiger partial charge on any atom is 0.262 e. The smallest absolute Gasteiger partial charge is 0.262 e. The molecular weight excluding hydrogens is 262 g/mol. The number of hydrogen-bond donors (Lipinski definition) is 1. The minimum Gasteiger partial charge on any atom is -0.279 e. The number of amidine groups is 1. The van der Waals surface area contributed by atoms with E-state index >= 15 is 0 Å². The van der Waals surface area contributed by atoms with Gasteiger partial charge in [0.05, 0.1) is 0 Å². The summed E-state index contributed by atoms with van der Waals surface area (Å²) >= 11 is 0. The molecule has 2 aromatic rings. The van der Waals surface area contributed by atoms with Crippen molar-refractivity contribution < 1.29 is 4.79 Å². The SMILES string of the molecule is CCCCN1NC(c2ccc3ccccc3c2)=NCC1=O.